The van der Waals surface area contributed by atoms with Gasteiger partial charge in [-0.15, -0.1) is 0 Å². The van der Waals surface area contributed by atoms with Gasteiger partial charge in [0.15, 0.2) is 0 Å². The number of likely N-dealkylation sites (N-methyl/N-ethyl adjacent to an activating group) is 7. The minimum Gasteiger partial charge on any atom is -0.385 e. The van der Waals surface area contributed by atoms with Gasteiger partial charge in [-0.05, 0) is 220 Å². The molecule has 0 unspecified atom stereocenters. The SMILES string of the molecule is CN1C(=O)Cc2cc(NCCCN3CCCCC3)ccc2C1=O.CN1C(=O)Cc2cc(NCCCN3CCOCC3)ccc2C1=O.CN1C(=O)Cc2cc(NCCN3CCCC3)ccc2C1=O.CN1C(=O)Cc2cc(NCCN3CCOCC3)ccc2C1=O.CN1C(=O)Cc2cc3c(cc2C1=O)CCN3.CN1CCN=C1c1ccc2c(c1)CC(=O)N(C)C2=O. The predicted octanol–water partition coefficient (Wildman–Crippen LogP) is 6.38. The summed E-state index contributed by atoms with van der Waals surface area (Å²) in [6.07, 6.45) is 11.5. The maximum Gasteiger partial charge on any atom is 0.260 e. The van der Waals surface area contributed by atoms with Crippen LogP contribution in [0.15, 0.2) is 108 Å². The van der Waals surface area contributed by atoms with E-state index in [4.69, 9.17) is 9.47 Å². The molecule has 6 aromatic carbocycles. The summed E-state index contributed by atoms with van der Waals surface area (Å²) in [4.78, 5) is 166. The number of nitrogens with zero attached hydrogens (tertiary/aromatic N) is 12. The largest absolute Gasteiger partial charge is 0.385 e. The Hall–Kier alpha value is -11.6. The third kappa shape index (κ3) is 22.5. The molecule has 0 saturated carbocycles. The molecule has 124 heavy (non-hydrogen) atoms. The molecule has 6 aromatic rings. The average Bonchev–Trinajstić information content (AvgIpc) is 1.40. The van der Waals surface area contributed by atoms with E-state index in [1.807, 2.05) is 98.0 Å². The maximum absolute atomic E-state index is 12.1. The molecule has 31 nitrogen and oxygen atoms in total. The van der Waals surface area contributed by atoms with Crippen molar-refractivity contribution < 1.29 is 67.0 Å². The predicted molar refractivity (Wildman–Crippen MR) is 473 cm³/mol. The summed E-state index contributed by atoms with van der Waals surface area (Å²) in [7, 11) is 11.2. The molecule has 5 N–H and O–H groups in total. The summed E-state index contributed by atoms with van der Waals surface area (Å²) < 4.78 is 10.7. The van der Waals surface area contributed by atoms with Gasteiger partial charge in [0.25, 0.3) is 35.4 Å². The highest BCUT2D eigenvalue weighted by molar-refractivity contribution is 6.14. The number of anilines is 5. The number of morpholine rings is 2. The number of aliphatic imine (C=N–C) groups is 1. The molecule has 12 aliphatic rings. The fraction of sp³-hybridized carbons (Fsp3) is 0.473. The van der Waals surface area contributed by atoms with E-state index >= 15 is 0 Å². The molecule has 31 heteroatoms. The molecule has 12 heterocycles. The van der Waals surface area contributed by atoms with E-state index in [-0.39, 0.29) is 83.7 Å². The summed E-state index contributed by atoms with van der Waals surface area (Å²) in [6, 6.07) is 32.1. The maximum atomic E-state index is 12.1. The van der Waals surface area contributed by atoms with Gasteiger partial charge in [-0.25, -0.2) is 0 Å². The Morgan fingerprint density at radius 2 is 0.637 bits per heavy atom. The van der Waals surface area contributed by atoms with Gasteiger partial charge in [0.1, 0.15) is 5.84 Å². The van der Waals surface area contributed by atoms with Crippen LogP contribution in [0.2, 0.25) is 0 Å². The summed E-state index contributed by atoms with van der Waals surface area (Å²) in [6.45, 7) is 22.4. The summed E-state index contributed by atoms with van der Waals surface area (Å²) >= 11 is 0. The second-order valence-corrected chi connectivity index (χ2v) is 33.2. The number of piperidine rings is 1. The van der Waals surface area contributed by atoms with Crippen LogP contribution in [-0.2, 0) is 83.2 Å². The van der Waals surface area contributed by atoms with Gasteiger partial charge in [-0.1, -0.05) is 12.5 Å². The molecule has 0 atom stereocenters. The van der Waals surface area contributed by atoms with Crippen molar-refractivity contribution in [3.8, 4) is 0 Å². The van der Waals surface area contributed by atoms with Crippen LogP contribution in [0.3, 0.4) is 0 Å². The zero-order valence-corrected chi connectivity index (χ0v) is 72.6. The molecule has 658 valence electrons. The van der Waals surface area contributed by atoms with Gasteiger partial charge in [-0.2, -0.15) is 0 Å². The van der Waals surface area contributed by atoms with Crippen LogP contribution in [0.5, 0.6) is 0 Å². The number of benzene rings is 6. The van der Waals surface area contributed by atoms with Crippen LogP contribution >= 0.6 is 0 Å². The number of likely N-dealkylation sites (tertiary alicyclic amines) is 2. The molecule has 0 radical (unpaired) electrons. The van der Waals surface area contributed by atoms with Crippen molar-refractivity contribution in [2.75, 3.05) is 227 Å². The first-order valence-electron chi connectivity index (χ1n) is 43.5. The first-order chi connectivity index (χ1) is 59.8. The number of nitrogens with one attached hydrogen (secondary N) is 5. The smallest absolute Gasteiger partial charge is 0.260 e. The lowest BCUT2D eigenvalue weighted by atomic mass is 9.95. The van der Waals surface area contributed by atoms with Crippen molar-refractivity contribution in [3.63, 3.8) is 0 Å². The molecule has 0 spiro atoms. The zero-order valence-electron chi connectivity index (χ0n) is 72.6. The Labute approximate surface area is 725 Å². The lowest BCUT2D eigenvalue weighted by molar-refractivity contribution is -0.128. The number of carbonyl (C=O) groups excluding carboxylic acids is 12. The van der Waals surface area contributed by atoms with E-state index in [0.29, 0.717) is 59.1 Å². The Morgan fingerprint density at radius 3 is 1.01 bits per heavy atom. The molecular weight excluding hydrogens is 1580 g/mol. The molecule has 4 saturated heterocycles. The van der Waals surface area contributed by atoms with Crippen molar-refractivity contribution in [1.82, 2.24) is 53.9 Å². The third-order valence-electron chi connectivity index (χ3n) is 24.7. The van der Waals surface area contributed by atoms with E-state index in [0.717, 1.165) is 217 Å². The monoisotopic (exact) mass is 1700 g/mol. The normalized spacial score (nSPS) is 18.9. The van der Waals surface area contributed by atoms with Crippen molar-refractivity contribution >= 4 is 105 Å². The van der Waals surface area contributed by atoms with Gasteiger partial charge in [0.2, 0.25) is 35.4 Å². The third-order valence-corrected chi connectivity index (χ3v) is 24.7. The number of ether oxygens (including phenoxy) is 2. The first kappa shape index (κ1) is 90.1. The van der Waals surface area contributed by atoms with Crippen LogP contribution in [0.1, 0.15) is 152 Å². The number of fused-ring (bicyclic) bond motifs is 7. The topological polar surface area (TPSA) is 331 Å². The van der Waals surface area contributed by atoms with Crippen LogP contribution in [0, 0.1) is 0 Å². The molecule has 12 amide bonds. The van der Waals surface area contributed by atoms with E-state index in [1.165, 1.54) is 121 Å². The van der Waals surface area contributed by atoms with Gasteiger partial charge < -0.3 is 50.8 Å². The highest BCUT2D eigenvalue weighted by Crippen LogP contribution is 2.32. The molecule has 0 aliphatic carbocycles. The molecule has 4 fully saturated rings. The second kappa shape index (κ2) is 42.2. The molecule has 12 aliphatic heterocycles. The molecular formula is C93H117N17O14. The van der Waals surface area contributed by atoms with Crippen molar-refractivity contribution in [3.05, 3.63) is 181 Å². The zero-order chi connectivity index (χ0) is 87.7. The van der Waals surface area contributed by atoms with Crippen molar-refractivity contribution in [2.45, 2.75) is 89.9 Å². The van der Waals surface area contributed by atoms with E-state index < -0.39 is 0 Å². The molecule has 0 aromatic heterocycles. The quantitative estimate of drug-likeness (QED) is 0.0434. The summed E-state index contributed by atoms with van der Waals surface area (Å²) in [5, 5.41) is 16.8. The van der Waals surface area contributed by atoms with E-state index in [9.17, 15) is 57.5 Å². The van der Waals surface area contributed by atoms with Crippen LogP contribution in [0.4, 0.5) is 28.4 Å². The Morgan fingerprint density at radius 1 is 0.323 bits per heavy atom. The number of hydrogen-bond donors (Lipinski definition) is 5. The van der Waals surface area contributed by atoms with Crippen LogP contribution in [0.25, 0.3) is 0 Å². The van der Waals surface area contributed by atoms with Crippen LogP contribution < -0.4 is 26.6 Å². The van der Waals surface area contributed by atoms with Crippen molar-refractivity contribution in [2.24, 2.45) is 4.99 Å². The number of carbonyl (C=O) groups is 12. The lowest BCUT2D eigenvalue weighted by Gasteiger charge is -2.27. The number of imide groups is 6. The van der Waals surface area contributed by atoms with Gasteiger partial charge in [0, 0.05) is 195 Å². The van der Waals surface area contributed by atoms with Crippen LogP contribution in [-0.4, -0.2) is 331 Å². The first-order valence-corrected chi connectivity index (χ1v) is 43.5. The molecule has 18 rings (SSSR count). The summed E-state index contributed by atoms with van der Waals surface area (Å²) in [5.74, 6) is -1.16. The lowest BCUT2D eigenvalue weighted by Crippen LogP contribution is -2.39. The highest BCUT2D eigenvalue weighted by Gasteiger charge is 2.35. The highest BCUT2D eigenvalue weighted by atomic mass is 16.5. The van der Waals surface area contributed by atoms with Crippen molar-refractivity contribution in [1.29, 1.82) is 0 Å². The van der Waals surface area contributed by atoms with Gasteiger partial charge in [-0.3, -0.25) is 102 Å². The Bertz CT molecular complexity index is 4940. The summed E-state index contributed by atoms with van der Waals surface area (Å²) in [5.41, 5.74) is 15.9. The second-order valence-electron chi connectivity index (χ2n) is 33.2. The minimum atomic E-state index is -0.223. The van der Waals surface area contributed by atoms with Gasteiger partial charge >= 0.3 is 0 Å². The Kier molecular flexibility index (Phi) is 30.7. The number of amidine groups is 1. The fourth-order valence-corrected chi connectivity index (χ4v) is 17.0. The Balaban J connectivity index is 0.000000128. The van der Waals surface area contributed by atoms with E-state index in [1.54, 1.807) is 26.2 Å². The number of amides is 12. The average molecular weight is 1700 g/mol. The number of hydrogen-bond acceptors (Lipinski definition) is 25. The number of rotatable bonds is 19. The van der Waals surface area contributed by atoms with E-state index in [2.05, 4.69) is 56.1 Å². The standard InChI is InChI=1S/C18H25N3O2.C17H23N3O3.C16H21N3O3.C16H21N3O2.C14H15N3O2.C12H12N2O2/c1-20-17(22)13-14-12-15(6-7-16(14)18(20)23)19-8-5-11-21-9-3-2-4-10-21;1-19-16(21)12-13-11-14(3-4-15(13)17(19)22)18-5-2-6-20-7-9-23-10-8-20;1-18-15(20)11-12-10-13(2-3-14(12)16(18)21)17-4-5-19-6-8-22-9-7-19;1-18-15(20)11-12-10-13(4-5-14(12)16(18)21)17-6-9-19-7-2-3-8-19;1-16-6-5-15-13(16)9-3-4-11-10(7-9)8-12(18)17(2)14(11)19;1-14-11(15)6-8-5-10-7(2-3-13-10)4-9(8)12(14)16/h6-7,12,19H,2-5,8-11,13H2,1H3;3-4,11,18H,2,5-10,12H2,1H3;2-3,10,17H,4-9,11H2,1H3;4-5,10,17H,2-3,6-9,11H2,1H3;3-4,7H,5-6,8H2,1-2H3;4-5,13H,2-3,6H2,1H3. The molecule has 0 bridgehead atoms. The fourth-order valence-electron chi connectivity index (χ4n) is 17.0. The minimum absolute atomic E-state index is 0.129. The van der Waals surface area contributed by atoms with Gasteiger partial charge in [0.05, 0.1) is 71.5 Å².